The van der Waals surface area contributed by atoms with E-state index in [-0.39, 0.29) is 24.1 Å². The van der Waals surface area contributed by atoms with E-state index in [1.807, 2.05) is 54.6 Å². The first-order valence-electron chi connectivity index (χ1n) is 10.2. The number of ether oxygens (including phenoxy) is 2. The number of benzene rings is 2. The zero-order valence-electron chi connectivity index (χ0n) is 18.2. The maximum Gasteiger partial charge on any atom is 0.358 e. The van der Waals surface area contributed by atoms with Crippen molar-refractivity contribution < 1.29 is 23.2 Å². The fourth-order valence-corrected chi connectivity index (χ4v) is 4.06. The van der Waals surface area contributed by atoms with Crippen LogP contribution in [0.1, 0.15) is 22.1 Å². The van der Waals surface area contributed by atoms with Crippen molar-refractivity contribution >= 4 is 17.3 Å². The SMILES string of the molecule is COc1ccc(-c2nc(C(=O)OCc3nnc(-c4c(-c5ccccc5)noc4C)o3)cs2)cc1. The molecular weight excluding hydrogens is 456 g/mol. The first-order valence-corrected chi connectivity index (χ1v) is 11.1. The number of aromatic nitrogens is 4. The monoisotopic (exact) mass is 474 g/mol. The number of carbonyl (C=O) groups excluding carboxylic acids is 1. The van der Waals surface area contributed by atoms with Crippen LogP contribution in [0, 0.1) is 6.92 Å². The number of thiazole rings is 1. The lowest BCUT2D eigenvalue weighted by Gasteiger charge is -2.01. The number of nitrogens with zero attached hydrogens (tertiary/aromatic N) is 4. The number of hydrogen-bond acceptors (Lipinski definition) is 10. The third-order valence-electron chi connectivity index (χ3n) is 4.97. The minimum atomic E-state index is -0.582. The predicted molar refractivity (Wildman–Crippen MR) is 123 cm³/mol. The molecule has 0 amide bonds. The Kier molecular flexibility index (Phi) is 5.88. The van der Waals surface area contributed by atoms with E-state index in [0.717, 1.165) is 16.9 Å². The minimum Gasteiger partial charge on any atom is -0.497 e. The van der Waals surface area contributed by atoms with Crippen LogP contribution in [0.3, 0.4) is 0 Å². The molecule has 10 heteroatoms. The van der Waals surface area contributed by atoms with Gasteiger partial charge in [-0.1, -0.05) is 35.5 Å². The molecule has 0 aliphatic carbocycles. The van der Waals surface area contributed by atoms with Crippen molar-refractivity contribution in [3.63, 3.8) is 0 Å². The van der Waals surface area contributed by atoms with Crippen molar-refractivity contribution in [3.05, 3.63) is 77.3 Å². The lowest BCUT2D eigenvalue weighted by Crippen LogP contribution is -2.05. The molecule has 9 nitrogen and oxygen atoms in total. The third kappa shape index (κ3) is 4.30. The first-order chi connectivity index (χ1) is 16.6. The summed E-state index contributed by atoms with van der Waals surface area (Å²) in [5.74, 6) is 1.09. The van der Waals surface area contributed by atoms with Crippen LogP contribution in [0.15, 0.2) is 68.9 Å². The van der Waals surface area contributed by atoms with Crippen molar-refractivity contribution in [1.82, 2.24) is 20.3 Å². The van der Waals surface area contributed by atoms with Gasteiger partial charge in [0.2, 0.25) is 0 Å². The summed E-state index contributed by atoms with van der Waals surface area (Å²) in [5.41, 5.74) is 3.14. The summed E-state index contributed by atoms with van der Waals surface area (Å²) in [4.78, 5) is 16.8. The average Bonchev–Trinajstić information content (AvgIpc) is 3.63. The Morgan fingerprint density at radius 2 is 1.82 bits per heavy atom. The Morgan fingerprint density at radius 3 is 2.59 bits per heavy atom. The topological polar surface area (TPSA) is 113 Å². The summed E-state index contributed by atoms with van der Waals surface area (Å²) in [6.07, 6.45) is 0. The molecule has 0 atom stereocenters. The highest BCUT2D eigenvalue weighted by molar-refractivity contribution is 7.13. The fraction of sp³-hybridized carbons (Fsp3) is 0.125. The molecule has 0 aliphatic rings. The third-order valence-corrected chi connectivity index (χ3v) is 5.86. The van der Waals surface area contributed by atoms with Crippen molar-refractivity contribution in [2.75, 3.05) is 7.11 Å². The van der Waals surface area contributed by atoms with Gasteiger partial charge >= 0.3 is 5.97 Å². The zero-order chi connectivity index (χ0) is 23.5. The molecule has 0 saturated heterocycles. The van der Waals surface area contributed by atoms with Crippen molar-refractivity contribution in [2.24, 2.45) is 0 Å². The van der Waals surface area contributed by atoms with Gasteiger partial charge in [0.25, 0.3) is 11.8 Å². The number of rotatable bonds is 7. The molecule has 0 unspecified atom stereocenters. The van der Waals surface area contributed by atoms with Crippen LogP contribution in [0.5, 0.6) is 5.75 Å². The van der Waals surface area contributed by atoms with Gasteiger partial charge in [-0.2, -0.15) is 0 Å². The summed E-state index contributed by atoms with van der Waals surface area (Å²) in [7, 11) is 1.61. The number of hydrogen-bond donors (Lipinski definition) is 0. The Hall–Kier alpha value is -4.31. The molecule has 0 fully saturated rings. The molecule has 5 rings (SSSR count). The van der Waals surface area contributed by atoms with Crippen LogP contribution in [-0.4, -0.2) is 33.4 Å². The van der Waals surface area contributed by atoms with Crippen LogP contribution in [0.2, 0.25) is 0 Å². The molecule has 0 bridgehead atoms. The van der Waals surface area contributed by atoms with Crippen LogP contribution in [0.4, 0.5) is 0 Å². The smallest absolute Gasteiger partial charge is 0.358 e. The van der Waals surface area contributed by atoms with Gasteiger partial charge in [-0.3, -0.25) is 0 Å². The Bertz CT molecular complexity index is 1420. The number of aryl methyl sites for hydroxylation is 1. The summed E-state index contributed by atoms with van der Waals surface area (Å²) < 4.78 is 21.6. The minimum absolute atomic E-state index is 0.147. The normalized spacial score (nSPS) is 10.9. The zero-order valence-corrected chi connectivity index (χ0v) is 19.0. The Labute approximate surface area is 198 Å². The highest BCUT2D eigenvalue weighted by Crippen LogP contribution is 2.33. The van der Waals surface area contributed by atoms with Gasteiger partial charge < -0.3 is 18.4 Å². The number of methoxy groups -OCH3 is 1. The fourth-order valence-electron chi connectivity index (χ4n) is 3.26. The second kappa shape index (κ2) is 9.28. The summed E-state index contributed by atoms with van der Waals surface area (Å²) >= 11 is 1.35. The van der Waals surface area contributed by atoms with E-state index >= 15 is 0 Å². The van der Waals surface area contributed by atoms with E-state index in [9.17, 15) is 4.79 Å². The van der Waals surface area contributed by atoms with Gasteiger partial charge in [0.1, 0.15) is 27.8 Å². The van der Waals surface area contributed by atoms with Gasteiger partial charge in [-0.05, 0) is 31.2 Å². The van der Waals surface area contributed by atoms with E-state index in [0.29, 0.717) is 22.0 Å². The van der Waals surface area contributed by atoms with Crippen LogP contribution in [-0.2, 0) is 11.3 Å². The molecule has 2 aromatic carbocycles. The standard InChI is InChI=1S/C24H18N4O5S/c1-14-20(21(28-33-14)15-6-4-3-5-7-15)22-27-26-19(32-22)12-31-24(29)18-13-34-23(25-18)16-8-10-17(30-2)11-9-16/h3-11,13H,12H2,1-2H3. The van der Waals surface area contributed by atoms with E-state index in [4.69, 9.17) is 18.4 Å². The lowest BCUT2D eigenvalue weighted by atomic mass is 10.1. The van der Waals surface area contributed by atoms with Gasteiger partial charge in [-0.15, -0.1) is 21.5 Å². The number of carbonyl (C=O) groups is 1. The molecule has 0 N–H and O–H groups in total. The first kappa shape index (κ1) is 21.5. The maximum atomic E-state index is 12.5. The molecule has 0 radical (unpaired) electrons. The van der Waals surface area contributed by atoms with Gasteiger partial charge in [0, 0.05) is 16.5 Å². The molecule has 3 aromatic heterocycles. The molecule has 170 valence electrons. The van der Waals surface area contributed by atoms with Crippen molar-refractivity contribution in [1.29, 1.82) is 0 Å². The van der Waals surface area contributed by atoms with Gasteiger partial charge in [-0.25, -0.2) is 9.78 Å². The van der Waals surface area contributed by atoms with E-state index in [1.54, 1.807) is 19.4 Å². The average molecular weight is 474 g/mol. The summed E-state index contributed by atoms with van der Waals surface area (Å²) in [6.45, 7) is 1.58. The van der Waals surface area contributed by atoms with E-state index in [1.165, 1.54) is 11.3 Å². The van der Waals surface area contributed by atoms with Crippen LogP contribution >= 0.6 is 11.3 Å². The van der Waals surface area contributed by atoms with Crippen LogP contribution < -0.4 is 4.74 Å². The Morgan fingerprint density at radius 1 is 1.03 bits per heavy atom. The van der Waals surface area contributed by atoms with Gasteiger partial charge in [0.15, 0.2) is 12.3 Å². The highest BCUT2D eigenvalue weighted by Gasteiger charge is 2.22. The van der Waals surface area contributed by atoms with Crippen molar-refractivity contribution in [2.45, 2.75) is 13.5 Å². The van der Waals surface area contributed by atoms with Crippen molar-refractivity contribution in [3.8, 4) is 39.0 Å². The van der Waals surface area contributed by atoms with Gasteiger partial charge in [0.05, 0.1) is 7.11 Å². The summed E-state index contributed by atoms with van der Waals surface area (Å²) in [6, 6.07) is 17.0. The molecular formula is C24H18N4O5S. The predicted octanol–water partition coefficient (Wildman–Crippen LogP) is 5.19. The summed E-state index contributed by atoms with van der Waals surface area (Å²) in [5, 5.41) is 14.5. The van der Waals surface area contributed by atoms with E-state index < -0.39 is 5.97 Å². The lowest BCUT2D eigenvalue weighted by molar-refractivity contribution is 0.0432. The molecule has 34 heavy (non-hydrogen) atoms. The molecule has 0 spiro atoms. The molecule has 5 aromatic rings. The van der Waals surface area contributed by atoms with E-state index in [2.05, 4.69) is 20.3 Å². The molecule has 0 aliphatic heterocycles. The largest absolute Gasteiger partial charge is 0.497 e. The second-order valence-corrected chi connectivity index (χ2v) is 8.03. The molecule has 0 saturated carbocycles. The second-order valence-electron chi connectivity index (χ2n) is 7.17. The number of esters is 1. The molecule has 3 heterocycles. The quantitative estimate of drug-likeness (QED) is 0.294. The maximum absolute atomic E-state index is 12.5. The van der Waals surface area contributed by atoms with Crippen LogP contribution in [0.25, 0.3) is 33.3 Å². The Balaban J connectivity index is 1.27. The highest BCUT2D eigenvalue weighted by atomic mass is 32.1.